The van der Waals surface area contributed by atoms with Crippen molar-refractivity contribution in [3.63, 3.8) is 0 Å². The monoisotopic (exact) mass is 285 g/mol. The van der Waals surface area contributed by atoms with Crippen molar-refractivity contribution in [3.8, 4) is 10.8 Å². The van der Waals surface area contributed by atoms with Gasteiger partial charge in [0.25, 0.3) is 0 Å². The molecule has 0 atom stereocenters. The van der Waals surface area contributed by atoms with E-state index in [0.29, 0.717) is 17.2 Å². The Kier molecular flexibility index (Phi) is 4.17. The van der Waals surface area contributed by atoms with Crippen molar-refractivity contribution in [1.29, 1.82) is 0 Å². The maximum atomic E-state index is 12.7. The van der Waals surface area contributed by atoms with Crippen LogP contribution >= 0.6 is 22.9 Å². The van der Waals surface area contributed by atoms with Gasteiger partial charge in [-0.3, -0.25) is 0 Å². The summed E-state index contributed by atoms with van der Waals surface area (Å²) in [5.41, 5.74) is 0. The Morgan fingerprint density at radius 3 is 2.67 bits per heavy atom. The third-order valence-corrected chi connectivity index (χ3v) is 3.27. The van der Waals surface area contributed by atoms with Crippen LogP contribution in [0.4, 0.5) is 4.39 Å². The molecule has 0 amide bonds. The molecule has 0 aliphatic carbocycles. The standard InChI is InChI=1S/C12H9ClFNO2S/c13-11(15-16)7-10-5-6-12(18-10)17-9-3-1-8(14)2-4-9/h1-6,16H,7H2. The summed E-state index contributed by atoms with van der Waals surface area (Å²) >= 11 is 6.99. The fraction of sp³-hybridized carbons (Fsp3) is 0.0833. The summed E-state index contributed by atoms with van der Waals surface area (Å²) in [6.07, 6.45) is 0.357. The summed E-state index contributed by atoms with van der Waals surface area (Å²) in [7, 11) is 0. The Hall–Kier alpha value is -1.59. The molecule has 0 spiro atoms. The Bertz CT molecular complexity index is 553. The molecule has 0 aliphatic rings. The fourth-order valence-electron chi connectivity index (χ4n) is 1.31. The van der Waals surface area contributed by atoms with Gasteiger partial charge in [0.1, 0.15) is 11.6 Å². The van der Waals surface area contributed by atoms with Crippen molar-refractivity contribution >= 4 is 28.1 Å². The SMILES string of the molecule is ON=C(Cl)Cc1ccc(Oc2ccc(F)cc2)s1. The molecule has 0 saturated carbocycles. The van der Waals surface area contributed by atoms with E-state index in [1.807, 2.05) is 6.07 Å². The van der Waals surface area contributed by atoms with Crippen molar-refractivity contribution in [1.82, 2.24) is 0 Å². The summed E-state index contributed by atoms with van der Waals surface area (Å²) in [6, 6.07) is 9.38. The second-order valence-corrected chi connectivity index (χ2v) is 5.00. The zero-order chi connectivity index (χ0) is 13.0. The first-order valence-corrected chi connectivity index (χ1v) is 6.25. The highest BCUT2D eigenvalue weighted by atomic mass is 35.5. The van der Waals surface area contributed by atoms with Crippen LogP contribution in [-0.4, -0.2) is 10.4 Å². The lowest BCUT2D eigenvalue weighted by Gasteiger charge is -2.01. The highest BCUT2D eigenvalue weighted by Crippen LogP contribution is 2.30. The van der Waals surface area contributed by atoms with Crippen LogP contribution in [0.3, 0.4) is 0 Å². The molecule has 1 heterocycles. The first-order valence-electron chi connectivity index (χ1n) is 5.06. The summed E-state index contributed by atoms with van der Waals surface area (Å²) < 4.78 is 18.2. The Morgan fingerprint density at radius 1 is 1.28 bits per heavy atom. The van der Waals surface area contributed by atoms with Crippen LogP contribution in [0, 0.1) is 5.82 Å². The van der Waals surface area contributed by atoms with Crippen molar-refractivity contribution in [3.05, 3.63) is 47.1 Å². The first-order chi connectivity index (χ1) is 8.67. The molecule has 0 fully saturated rings. The molecule has 0 bridgehead atoms. The lowest BCUT2D eigenvalue weighted by atomic mass is 10.3. The van der Waals surface area contributed by atoms with Gasteiger partial charge < -0.3 is 9.94 Å². The number of halogens is 2. The Labute approximate surface area is 112 Å². The van der Waals surface area contributed by atoms with Gasteiger partial charge in [-0.1, -0.05) is 16.8 Å². The van der Waals surface area contributed by atoms with Gasteiger partial charge in [-0.15, -0.1) is 11.3 Å². The van der Waals surface area contributed by atoms with Gasteiger partial charge in [0.05, 0.1) is 0 Å². The molecule has 2 rings (SSSR count). The number of benzene rings is 1. The van der Waals surface area contributed by atoms with Crippen LogP contribution in [0.2, 0.25) is 0 Å². The fourth-order valence-corrected chi connectivity index (χ4v) is 2.41. The van der Waals surface area contributed by atoms with E-state index in [-0.39, 0.29) is 11.0 Å². The van der Waals surface area contributed by atoms with Gasteiger partial charge in [-0.2, -0.15) is 0 Å². The lowest BCUT2D eigenvalue weighted by Crippen LogP contribution is -1.90. The van der Waals surface area contributed by atoms with E-state index in [1.165, 1.54) is 23.5 Å². The normalized spacial score (nSPS) is 11.6. The summed E-state index contributed by atoms with van der Waals surface area (Å²) in [6.45, 7) is 0. The van der Waals surface area contributed by atoms with Crippen molar-refractivity contribution in [2.24, 2.45) is 5.16 Å². The zero-order valence-corrected chi connectivity index (χ0v) is 10.7. The number of rotatable bonds is 4. The molecule has 1 aromatic carbocycles. The lowest BCUT2D eigenvalue weighted by molar-refractivity contribution is 0.319. The van der Waals surface area contributed by atoms with Gasteiger partial charge in [0.15, 0.2) is 10.2 Å². The number of ether oxygens (including phenoxy) is 1. The van der Waals surface area contributed by atoms with E-state index < -0.39 is 0 Å². The number of thiophene rings is 1. The molecule has 0 radical (unpaired) electrons. The second-order valence-electron chi connectivity index (χ2n) is 3.43. The maximum absolute atomic E-state index is 12.7. The number of oxime groups is 1. The van der Waals surface area contributed by atoms with Crippen molar-refractivity contribution < 1.29 is 14.3 Å². The van der Waals surface area contributed by atoms with E-state index >= 15 is 0 Å². The number of hydrogen-bond donors (Lipinski definition) is 1. The Balaban J connectivity index is 2.04. The third-order valence-electron chi connectivity index (χ3n) is 2.10. The van der Waals surface area contributed by atoms with Crippen LogP contribution in [0.15, 0.2) is 41.6 Å². The van der Waals surface area contributed by atoms with E-state index in [4.69, 9.17) is 21.5 Å². The molecule has 1 N–H and O–H groups in total. The predicted octanol–water partition coefficient (Wildman–Crippen LogP) is 4.25. The molecule has 0 aliphatic heterocycles. The van der Waals surface area contributed by atoms with Gasteiger partial charge in [-0.25, -0.2) is 4.39 Å². The minimum absolute atomic E-state index is 0.116. The van der Waals surface area contributed by atoms with Crippen LogP contribution in [0.25, 0.3) is 0 Å². The van der Waals surface area contributed by atoms with E-state index in [2.05, 4.69) is 5.16 Å². The molecule has 3 nitrogen and oxygen atoms in total. The molecular formula is C12H9ClFNO2S. The van der Waals surface area contributed by atoms with Crippen LogP contribution in [-0.2, 0) is 6.42 Å². The molecule has 0 unspecified atom stereocenters. The third kappa shape index (κ3) is 3.45. The average molecular weight is 286 g/mol. The molecular weight excluding hydrogens is 277 g/mol. The van der Waals surface area contributed by atoms with E-state index in [0.717, 1.165) is 4.88 Å². The minimum atomic E-state index is -0.305. The highest BCUT2D eigenvalue weighted by Gasteiger charge is 2.05. The van der Waals surface area contributed by atoms with E-state index in [1.54, 1.807) is 18.2 Å². The summed E-state index contributed by atoms with van der Waals surface area (Å²) in [5.74, 6) is 0.256. The molecule has 94 valence electrons. The molecule has 1 aromatic heterocycles. The quantitative estimate of drug-likeness (QED) is 0.518. The zero-order valence-electron chi connectivity index (χ0n) is 9.14. The molecule has 2 aromatic rings. The minimum Gasteiger partial charge on any atom is -0.447 e. The van der Waals surface area contributed by atoms with Gasteiger partial charge >= 0.3 is 0 Å². The number of hydrogen-bond acceptors (Lipinski definition) is 4. The average Bonchev–Trinajstić information content (AvgIpc) is 2.79. The molecule has 6 heteroatoms. The second kappa shape index (κ2) is 5.84. The van der Waals surface area contributed by atoms with E-state index in [9.17, 15) is 4.39 Å². The van der Waals surface area contributed by atoms with Crippen LogP contribution in [0.5, 0.6) is 10.8 Å². The maximum Gasteiger partial charge on any atom is 0.181 e. The highest BCUT2D eigenvalue weighted by molar-refractivity contribution is 7.14. The van der Waals surface area contributed by atoms with Crippen LogP contribution in [0.1, 0.15) is 4.88 Å². The summed E-state index contributed by atoms with van der Waals surface area (Å²) in [4.78, 5) is 0.912. The Morgan fingerprint density at radius 2 is 2.00 bits per heavy atom. The largest absolute Gasteiger partial charge is 0.447 e. The van der Waals surface area contributed by atoms with Gasteiger partial charge in [0, 0.05) is 11.3 Å². The van der Waals surface area contributed by atoms with Crippen molar-refractivity contribution in [2.75, 3.05) is 0 Å². The first kappa shape index (κ1) is 12.9. The predicted molar refractivity (Wildman–Crippen MR) is 69.6 cm³/mol. The van der Waals surface area contributed by atoms with Crippen molar-refractivity contribution in [2.45, 2.75) is 6.42 Å². The number of nitrogens with zero attached hydrogens (tertiary/aromatic N) is 1. The molecule has 0 saturated heterocycles. The smallest absolute Gasteiger partial charge is 0.181 e. The van der Waals surface area contributed by atoms with Gasteiger partial charge in [-0.05, 0) is 36.4 Å². The van der Waals surface area contributed by atoms with Crippen LogP contribution < -0.4 is 4.74 Å². The topological polar surface area (TPSA) is 41.8 Å². The molecule has 18 heavy (non-hydrogen) atoms. The summed E-state index contributed by atoms with van der Waals surface area (Å²) in [5, 5.41) is 12.1. The van der Waals surface area contributed by atoms with Gasteiger partial charge in [0.2, 0.25) is 0 Å².